The number of carbonyl (C=O) groups excluding carboxylic acids is 1. The molecule has 138 valence electrons. The second-order valence-corrected chi connectivity index (χ2v) is 6.99. The van der Waals surface area contributed by atoms with E-state index in [1.807, 2.05) is 48.7 Å². The fourth-order valence-corrected chi connectivity index (χ4v) is 3.64. The number of aryl methyl sites for hydroxylation is 1. The number of aromatic nitrogens is 1. The minimum Gasteiger partial charge on any atom is -0.496 e. The summed E-state index contributed by atoms with van der Waals surface area (Å²) in [7, 11) is 1.65. The van der Waals surface area contributed by atoms with Gasteiger partial charge in [-0.25, -0.2) is 4.98 Å². The van der Waals surface area contributed by atoms with Crippen LogP contribution in [0.25, 0.3) is 11.3 Å². The molecule has 0 atom stereocenters. The highest BCUT2D eigenvalue weighted by Gasteiger charge is 2.15. The van der Waals surface area contributed by atoms with Crippen LogP contribution in [0.3, 0.4) is 0 Å². The van der Waals surface area contributed by atoms with Gasteiger partial charge in [-0.2, -0.15) is 0 Å². The Balaban J connectivity index is 1.43. The lowest BCUT2D eigenvalue weighted by molar-refractivity contribution is -0.115. The van der Waals surface area contributed by atoms with E-state index in [4.69, 9.17) is 14.2 Å². The quantitative estimate of drug-likeness (QED) is 0.721. The summed E-state index contributed by atoms with van der Waals surface area (Å²) >= 11 is 1.40. The van der Waals surface area contributed by atoms with Gasteiger partial charge in [0.15, 0.2) is 16.6 Å². The van der Waals surface area contributed by atoms with E-state index in [1.165, 1.54) is 11.3 Å². The van der Waals surface area contributed by atoms with E-state index in [-0.39, 0.29) is 19.1 Å². The van der Waals surface area contributed by atoms with Gasteiger partial charge in [0.05, 0.1) is 19.2 Å². The summed E-state index contributed by atoms with van der Waals surface area (Å²) in [6, 6.07) is 11.4. The van der Waals surface area contributed by atoms with Crippen LogP contribution in [-0.4, -0.2) is 24.8 Å². The fraction of sp³-hybridized carbons (Fsp3) is 0.200. The number of methoxy groups -OCH3 is 1. The Bertz CT molecular complexity index is 999. The number of nitrogens with zero attached hydrogens (tertiary/aromatic N) is 1. The van der Waals surface area contributed by atoms with Crippen molar-refractivity contribution in [2.24, 2.45) is 0 Å². The first kappa shape index (κ1) is 17.4. The van der Waals surface area contributed by atoms with Crippen LogP contribution in [0, 0.1) is 6.92 Å². The number of ether oxygens (including phenoxy) is 3. The van der Waals surface area contributed by atoms with Gasteiger partial charge in [0.2, 0.25) is 12.7 Å². The monoisotopic (exact) mass is 382 g/mol. The first-order valence-electron chi connectivity index (χ1n) is 8.41. The lowest BCUT2D eigenvalue weighted by Crippen LogP contribution is -2.14. The topological polar surface area (TPSA) is 69.7 Å². The van der Waals surface area contributed by atoms with Crippen molar-refractivity contribution < 1.29 is 19.0 Å². The highest BCUT2D eigenvalue weighted by atomic mass is 32.1. The molecule has 0 unspecified atom stereocenters. The summed E-state index contributed by atoms with van der Waals surface area (Å²) in [5.41, 5.74) is 3.71. The minimum absolute atomic E-state index is 0.124. The number of hydrogen-bond donors (Lipinski definition) is 1. The molecule has 2 heterocycles. The normalized spacial score (nSPS) is 12.1. The third-order valence-electron chi connectivity index (χ3n) is 4.24. The molecule has 1 aromatic heterocycles. The Morgan fingerprint density at radius 1 is 1.22 bits per heavy atom. The van der Waals surface area contributed by atoms with Crippen molar-refractivity contribution in [3.05, 3.63) is 52.9 Å². The van der Waals surface area contributed by atoms with Gasteiger partial charge in [0, 0.05) is 10.9 Å². The van der Waals surface area contributed by atoms with E-state index in [0.717, 1.165) is 28.1 Å². The van der Waals surface area contributed by atoms with Crippen LogP contribution < -0.4 is 19.5 Å². The summed E-state index contributed by atoms with van der Waals surface area (Å²) in [5.74, 6) is 2.09. The molecule has 0 bridgehead atoms. The molecule has 0 spiro atoms. The molecule has 6 nitrogen and oxygen atoms in total. The summed E-state index contributed by atoms with van der Waals surface area (Å²) in [6.07, 6.45) is 0.243. The molecule has 1 aliphatic rings. The van der Waals surface area contributed by atoms with Gasteiger partial charge in [0.1, 0.15) is 5.75 Å². The number of benzene rings is 2. The van der Waals surface area contributed by atoms with E-state index >= 15 is 0 Å². The van der Waals surface area contributed by atoms with E-state index in [2.05, 4.69) is 10.3 Å². The second-order valence-electron chi connectivity index (χ2n) is 6.13. The Kier molecular flexibility index (Phi) is 4.68. The van der Waals surface area contributed by atoms with E-state index < -0.39 is 0 Å². The van der Waals surface area contributed by atoms with Crippen molar-refractivity contribution in [2.75, 3.05) is 19.2 Å². The zero-order valence-electron chi connectivity index (χ0n) is 14.9. The SMILES string of the molecule is COc1ccc(-c2csc(NC(=O)Cc3ccc4c(c3)OCO4)n2)cc1C. The maximum Gasteiger partial charge on any atom is 0.231 e. The lowest BCUT2D eigenvalue weighted by atomic mass is 10.1. The third-order valence-corrected chi connectivity index (χ3v) is 5.00. The number of nitrogens with one attached hydrogen (secondary N) is 1. The molecule has 3 aromatic rings. The van der Waals surface area contributed by atoms with Crippen LogP contribution in [0.2, 0.25) is 0 Å². The second kappa shape index (κ2) is 7.28. The van der Waals surface area contributed by atoms with Crippen molar-refractivity contribution >= 4 is 22.4 Å². The standard InChI is InChI=1S/C20H18N2O4S/c1-12-7-14(4-6-16(12)24-2)15-10-27-20(21-15)22-19(23)9-13-3-5-17-18(8-13)26-11-25-17/h3-8,10H,9,11H2,1-2H3,(H,21,22,23). The molecule has 1 amide bonds. The summed E-state index contributed by atoms with van der Waals surface area (Å²) in [4.78, 5) is 16.9. The van der Waals surface area contributed by atoms with Crippen LogP contribution in [0.1, 0.15) is 11.1 Å². The molecule has 1 aliphatic heterocycles. The van der Waals surface area contributed by atoms with Crippen LogP contribution >= 0.6 is 11.3 Å². The van der Waals surface area contributed by atoms with Gasteiger partial charge >= 0.3 is 0 Å². The van der Waals surface area contributed by atoms with Gasteiger partial charge in [-0.05, 0) is 48.4 Å². The largest absolute Gasteiger partial charge is 0.496 e. The van der Waals surface area contributed by atoms with Gasteiger partial charge in [-0.3, -0.25) is 4.79 Å². The molecule has 0 saturated heterocycles. The van der Waals surface area contributed by atoms with Crippen molar-refractivity contribution in [1.82, 2.24) is 4.98 Å². The average molecular weight is 382 g/mol. The number of thiazole rings is 1. The predicted molar refractivity (Wildman–Crippen MR) is 104 cm³/mol. The van der Waals surface area contributed by atoms with Gasteiger partial charge < -0.3 is 19.5 Å². The molecule has 4 rings (SSSR count). The number of hydrogen-bond acceptors (Lipinski definition) is 6. The molecule has 0 saturated carbocycles. The molecule has 1 N–H and O–H groups in total. The summed E-state index contributed by atoms with van der Waals surface area (Å²) in [5, 5.41) is 5.36. The Hall–Kier alpha value is -3.06. The summed E-state index contributed by atoms with van der Waals surface area (Å²) in [6.45, 7) is 2.21. The van der Waals surface area contributed by atoms with Crippen molar-refractivity contribution in [3.8, 4) is 28.5 Å². The zero-order chi connectivity index (χ0) is 18.8. The molecule has 0 radical (unpaired) electrons. The van der Waals surface area contributed by atoms with Gasteiger partial charge in [0.25, 0.3) is 0 Å². The first-order valence-corrected chi connectivity index (χ1v) is 9.29. The zero-order valence-corrected chi connectivity index (χ0v) is 15.8. The van der Waals surface area contributed by atoms with Crippen molar-refractivity contribution in [1.29, 1.82) is 0 Å². The molecule has 7 heteroatoms. The number of amides is 1. The molecule has 27 heavy (non-hydrogen) atoms. The maximum atomic E-state index is 12.3. The van der Waals surface area contributed by atoms with Crippen LogP contribution in [0.15, 0.2) is 41.8 Å². The number of rotatable bonds is 5. The molecule has 2 aromatic carbocycles. The van der Waals surface area contributed by atoms with Gasteiger partial charge in [-0.1, -0.05) is 6.07 Å². The first-order chi connectivity index (χ1) is 13.1. The number of anilines is 1. The number of carbonyl (C=O) groups is 1. The minimum atomic E-state index is -0.124. The Morgan fingerprint density at radius 3 is 2.89 bits per heavy atom. The maximum absolute atomic E-state index is 12.3. The van der Waals surface area contributed by atoms with E-state index in [0.29, 0.717) is 16.6 Å². The fourth-order valence-electron chi connectivity index (χ4n) is 2.90. The van der Waals surface area contributed by atoms with Gasteiger partial charge in [-0.15, -0.1) is 11.3 Å². The van der Waals surface area contributed by atoms with E-state index in [1.54, 1.807) is 7.11 Å². The number of fused-ring (bicyclic) bond motifs is 1. The van der Waals surface area contributed by atoms with Crippen molar-refractivity contribution in [3.63, 3.8) is 0 Å². The lowest BCUT2D eigenvalue weighted by Gasteiger charge is -2.06. The molecule has 0 fully saturated rings. The molecule has 0 aliphatic carbocycles. The third kappa shape index (κ3) is 3.73. The van der Waals surface area contributed by atoms with Crippen LogP contribution in [0.4, 0.5) is 5.13 Å². The average Bonchev–Trinajstić information content (AvgIpc) is 3.30. The highest BCUT2D eigenvalue weighted by Crippen LogP contribution is 2.33. The molecular weight excluding hydrogens is 364 g/mol. The van der Waals surface area contributed by atoms with Crippen molar-refractivity contribution in [2.45, 2.75) is 13.3 Å². The Morgan fingerprint density at radius 2 is 2.07 bits per heavy atom. The highest BCUT2D eigenvalue weighted by molar-refractivity contribution is 7.14. The smallest absolute Gasteiger partial charge is 0.231 e. The predicted octanol–water partition coefficient (Wildman–Crippen LogP) is 4.04. The molecular formula is C20H18N2O4S. The summed E-state index contributed by atoms with van der Waals surface area (Å²) < 4.78 is 15.9. The van der Waals surface area contributed by atoms with Crippen LogP contribution in [-0.2, 0) is 11.2 Å². The van der Waals surface area contributed by atoms with Crippen LogP contribution in [0.5, 0.6) is 17.2 Å². The Labute approximate surface area is 160 Å². The van der Waals surface area contributed by atoms with E-state index in [9.17, 15) is 4.79 Å².